The molecule has 0 fully saturated rings. The molecule has 1 aliphatic heterocycles. The fourth-order valence-corrected chi connectivity index (χ4v) is 4.01. The van der Waals surface area contributed by atoms with Crippen LogP contribution in [0.1, 0.15) is 36.1 Å². The average molecular weight is 350 g/mol. The minimum atomic E-state index is -0.0762. The first-order valence-electron chi connectivity index (χ1n) is 8.82. The zero-order valence-corrected chi connectivity index (χ0v) is 15.2. The van der Waals surface area contributed by atoms with Crippen LogP contribution in [0.25, 0.3) is 0 Å². The number of carbonyl (C=O) groups excluding carboxylic acids is 1. The van der Waals surface area contributed by atoms with E-state index in [1.165, 1.54) is 5.56 Å². The second-order valence-electron chi connectivity index (χ2n) is 6.74. The van der Waals surface area contributed by atoms with Crippen molar-refractivity contribution >= 4 is 11.6 Å². The van der Waals surface area contributed by atoms with Gasteiger partial charge in [0.15, 0.2) is 0 Å². The van der Waals surface area contributed by atoms with Crippen molar-refractivity contribution in [1.82, 2.24) is 5.01 Å². The number of fused-ring (bicyclic) bond motifs is 3. The molecular weight excluding hydrogens is 328 g/mol. The Labute approximate surface area is 153 Å². The van der Waals surface area contributed by atoms with E-state index in [-0.39, 0.29) is 17.9 Å². The van der Waals surface area contributed by atoms with Gasteiger partial charge in [0.2, 0.25) is 5.91 Å². The first kappa shape index (κ1) is 16.6. The molecule has 5 nitrogen and oxygen atoms in total. The smallest absolute Gasteiger partial charge is 0.240 e. The number of hydrogen-bond acceptors (Lipinski definition) is 4. The van der Waals surface area contributed by atoms with Crippen LogP contribution in [0.4, 0.5) is 0 Å². The summed E-state index contributed by atoms with van der Waals surface area (Å²) in [4.78, 5) is 12.3. The van der Waals surface area contributed by atoms with Crippen molar-refractivity contribution in [1.29, 1.82) is 0 Å². The Kier molecular flexibility index (Phi) is 4.15. The van der Waals surface area contributed by atoms with Crippen LogP contribution in [0.3, 0.4) is 0 Å². The molecule has 2 aromatic rings. The van der Waals surface area contributed by atoms with E-state index in [0.29, 0.717) is 0 Å². The molecular formula is C21H22N2O3. The SMILES string of the molecule is COc1ccc([C@H]2C3CCc4ccc(OC)cc4C3=NN2C(C)=O)cc1. The lowest BCUT2D eigenvalue weighted by molar-refractivity contribution is -0.131. The van der Waals surface area contributed by atoms with Crippen LogP contribution in [-0.4, -0.2) is 30.8 Å². The lowest BCUT2D eigenvalue weighted by atomic mass is 9.77. The number of rotatable bonds is 3. The number of ether oxygens (including phenoxy) is 2. The summed E-state index contributed by atoms with van der Waals surface area (Å²) in [7, 11) is 3.32. The van der Waals surface area contributed by atoms with Gasteiger partial charge in [0.05, 0.1) is 26.0 Å². The molecule has 2 aromatic carbocycles. The van der Waals surface area contributed by atoms with E-state index in [0.717, 1.165) is 41.2 Å². The minimum Gasteiger partial charge on any atom is -0.497 e. The van der Waals surface area contributed by atoms with Gasteiger partial charge in [-0.3, -0.25) is 4.79 Å². The third-order valence-corrected chi connectivity index (χ3v) is 5.31. The van der Waals surface area contributed by atoms with Gasteiger partial charge in [0, 0.05) is 18.4 Å². The monoisotopic (exact) mass is 350 g/mol. The predicted octanol–water partition coefficient (Wildman–Crippen LogP) is 3.57. The zero-order chi connectivity index (χ0) is 18.3. The predicted molar refractivity (Wildman–Crippen MR) is 99.6 cm³/mol. The van der Waals surface area contributed by atoms with Crippen molar-refractivity contribution in [3.63, 3.8) is 0 Å². The molecule has 5 heteroatoms. The first-order chi connectivity index (χ1) is 12.6. The van der Waals surface area contributed by atoms with Crippen molar-refractivity contribution in [2.75, 3.05) is 14.2 Å². The third kappa shape index (κ3) is 2.64. The fourth-order valence-electron chi connectivity index (χ4n) is 4.01. The molecule has 1 aliphatic carbocycles. The van der Waals surface area contributed by atoms with Gasteiger partial charge in [-0.1, -0.05) is 18.2 Å². The summed E-state index contributed by atoms with van der Waals surface area (Å²) in [5.41, 5.74) is 4.43. The van der Waals surface area contributed by atoms with Crippen LogP contribution in [0.15, 0.2) is 47.6 Å². The Balaban J connectivity index is 1.77. The summed E-state index contributed by atoms with van der Waals surface area (Å²) in [5.74, 6) is 1.76. The van der Waals surface area contributed by atoms with Crippen molar-refractivity contribution < 1.29 is 14.3 Å². The summed E-state index contributed by atoms with van der Waals surface area (Å²) < 4.78 is 10.7. The highest BCUT2D eigenvalue weighted by molar-refractivity contribution is 6.07. The topological polar surface area (TPSA) is 51.1 Å². The van der Waals surface area contributed by atoms with Crippen LogP contribution in [-0.2, 0) is 11.2 Å². The minimum absolute atomic E-state index is 0.0443. The average Bonchev–Trinajstić information content (AvgIpc) is 3.08. The van der Waals surface area contributed by atoms with E-state index in [1.54, 1.807) is 26.2 Å². The molecule has 0 saturated carbocycles. The molecule has 0 radical (unpaired) electrons. The number of nitrogens with zero attached hydrogens (tertiary/aromatic N) is 2. The normalized spacial score (nSPS) is 20.9. The summed E-state index contributed by atoms with van der Waals surface area (Å²) in [5, 5.41) is 6.38. The van der Waals surface area contributed by atoms with Gasteiger partial charge < -0.3 is 9.47 Å². The highest BCUT2D eigenvalue weighted by Crippen LogP contribution is 2.44. The number of amides is 1. The fraction of sp³-hybridized carbons (Fsp3) is 0.333. The number of methoxy groups -OCH3 is 2. The van der Waals surface area contributed by atoms with Crippen LogP contribution in [0.2, 0.25) is 0 Å². The van der Waals surface area contributed by atoms with Gasteiger partial charge in [-0.25, -0.2) is 5.01 Å². The van der Waals surface area contributed by atoms with E-state index in [1.807, 2.05) is 36.4 Å². The molecule has 0 N–H and O–H groups in total. The van der Waals surface area contributed by atoms with Gasteiger partial charge in [-0.15, -0.1) is 0 Å². The standard InChI is InChI=1S/C21H22N2O3/c1-13(24)23-21(15-5-8-16(25-2)9-6-15)18-11-7-14-4-10-17(26-3)12-19(14)20(18)22-23/h4-6,8-10,12,18,21H,7,11H2,1-3H3/t18?,21-/m0/s1. The number of hydrogen-bond donors (Lipinski definition) is 0. The molecule has 4 rings (SSSR count). The first-order valence-corrected chi connectivity index (χ1v) is 8.82. The summed E-state index contributed by atoms with van der Waals surface area (Å²) in [6.07, 6.45) is 1.94. The molecule has 0 saturated heterocycles. The second-order valence-corrected chi connectivity index (χ2v) is 6.74. The van der Waals surface area contributed by atoms with Gasteiger partial charge in [-0.05, 0) is 48.2 Å². The maximum absolute atomic E-state index is 12.3. The quantitative estimate of drug-likeness (QED) is 0.850. The Morgan fingerprint density at radius 1 is 1.08 bits per heavy atom. The molecule has 0 bridgehead atoms. The lowest BCUT2D eigenvalue weighted by Gasteiger charge is -2.29. The van der Waals surface area contributed by atoms with Crippen LogP contribution in [0, 0.1) is 5.92 Å². The van der Waals surface area contributed by atoms with Crippen molar-refractivity contribution in [3.05, 3.63) is 59.2 Å². The number of aryl methyl sites for hydroxylation is 1. The maximum atomic E-state index is 12.3. The molecule has 1 unspecified atom stereocenters. The van der Waals surface area contributed by atoms with Crippen LogP contribution >= 0.6 is 0 Å². The maximum Gasteiger partial charge on any atom is 0.240 e. The van der Waals surface area contributed by atoms with E-state index in [4.69, 9.17) is 14.6 Å². The number of carbonyl (C=O) groups is 1. The highest BCUT2D eigenvalue weighted by Gasteiger charge is 2.43. The zero-order valence-electron chi connectivity index (χ0n) is 15.2. The number of hydrazone groups is 1. The van der Waals surface area contributed by atoms with Crippen molar-refractivity contribution in [3.8, 4) is 11.5 Å². The summed E-state index contributed by atoms with van der Waals surface area (Å²) in [6.45, 7) is 1.57. The van der Waals surface area contributed by atoms with Crippen LogP contribution < -0.4 is 9.47 Å². The van der Waals surface area contributed by atoms with Gasteiger partial charge >= 0.3 is 0 Å². The summed E-state index contributed by atoms with van der Waals surface area (Å²) in [6, 6.07) is 14.0. The van der Waals surface area contributed by atoms with E-state index < -0.39 is 0 Å². The van der Waals surface area contributed by atoms with Gasteiger partial charge in [0.25, 0.3) is 0 Å². The number of benzene rings is 2. The van der Waals surface area contributed by atoms with Crippen molar-refractivity contribution in [2.24, 2.45) is 11.0 Å². The second kappa shape index (κ2) is 6.48. The molecule has 1 heterocycles. The Morgan fingerprint density at radius 2 is 1.77 bits per heavy atom. The molecule has 134 valence electrons. The highest BCUT2D eigenvalue weighted by atomic mass is 16.5. The largest absolute Gasteiger partial charge is 0.497 e. The van der Waals surface area contributed by atoms with E-state index >= 15 is 0 Å². The van der Waals surface area contributed by atoms with Gasteiger partial charge in [0.1, 0.15) is 11.5 Å². The molecule has 1 amide bonds. The summed E-state index contributed by atoms with van der Waals surface area (Å²) >= 11 is 0. The lowest BCUT2D eigenvalue weighted by Crippen LogP contribution is -2.31. The van der Waals surface area contributed by atoms with Crippen LogP contribution in [0.5, 0.6) is 11.5 Å². The van der Waals surface area contributed by atoms with Crippen molar-refractivity contribution in [2.45, 2.75) is 25.8 Å². The Morgan fingerprint density at radius 3 is 2.42 bits per heavy atom. The molecule has 2 atom stereocenters. The molecule has 0 aromatic heterocycles. The molecule has 0 spiro atoms. The van der Waals surface area contributed by atoms with E-state index in [9.17, 15) is 4.79 Å². The third-order valence-electron chi connectivity index (χ3n) is 5.31. The Bertz CT molecular complexity index is 873. The Hall–Kier alpha value is -2.82. The van der Waals surface area contributed by atoms with Gasteiger partial charge in [-0.2, -0.15) is 5.10 Å². The molecule has 26 heavy (non-hydrogen) atoms. The van der Waals surface area contributed by atoms with E-state index in [2.05, 4.69) is 6.07 Å². The molecule has 2 aliphatic rings.